The van der Waals surface area contributed by atoms with E-state index in [2.05, 4.69) is 52.6 Å². The maximum absolute atomic E-state index is 12.6. The van der Waals surface area contributed by atoms with Crippen LogP contribution in [0, 0.1) is 0 Å². The average Bonchev–Trinajstić information content (AvgIpc) is 3.01. The minimum Gasteiger partial charge on any atom is -0.396 e. The first-order valence-corrected chi connectivity index (χ1v) is 10.1. The number of aromatic nitrogens is 1. The largest absolute Gasteiger partial charge is 0.396 e. The zero-order valence-corrected chi connectivity index (χ0v) is 17.2. The Balaban J connectivity index is 1.54. The Labute approximate surface area is 176 Å². The normalized spacial score (nSPS) is 14.3. The molecule has 2 amide bonds. The maximum atomic E-state index is 12.6. The Morgan fingerprint density at radius 3 is 2.60 bits per heavy atom. The molecule has 1 aliphatic heterocycles. The van der Waals surface area contributed by atoms with Gasteiger partial charge in [-0.15, -0.1) is 0 Å². The summed E-state index contributed by atoms with van der Waals surface area (Å²) in [5, 5.41) is 14.8. The quantitative estimate of drug-likeness (QED) is 0.579. The number of para-hydroxylation sites is 1. The molecule has 3 N–H and O–H groups in total. The van der Waals surface area contributed by atoms with Gasteiger partial charge in [-0.3, -0.25) is 0 Å². The molecule has 30 heavy (non-hydrogen) atoms. The van der Waals surface area contributed by atoms with Crippen molar-refractivity contribution in [1.82, 2.24) is 4.98 Å². The monoisotopic (exact) mass is 402 g/mol. The second-order valence-corrected chi connectivity index (χ2v) is 8.11. The van der Waals surface area contributed by atoms with Crippen LogP contribution in [0.5, 0.6) is 0 Å². The molecule has 2 aromatic carbocycles. The smallest absolute Gasteiger partial charge is 0.323 e. The lowest BCUT2D eigenvalue weighted by molar-refractivity contribution is 0.262. The van der Waals surface area contributed by atoms with Crippen molar-refractivity contribution in [2.75, 3.05) is 28.7 Å². The number of anilines is 4. The Bertz CT molecular complexity index is 1050. The number of aliphatic hydroxyl groups is 1. The van der Waals surface area contributed by atoms with Gasteiger partial charge < -0.3 is 20.6 Å². The second kappa shape index (κ2) is 8.16. The van der Waals surface area contributed by atoms with Gasteiger partial charge >= 0.3 is 6.03 Å². The summed E-state index contributed by atoms with van der Waals surface area (Å²) < 4.78 is 0. The fraction of sp³-hybridized carbons (Fsp3) is 0.250. The van der Waals surface area contributed by atoms with Crippen LogP contribution in [-0.2, 0) is 11.8 Å². The summed E-state index contributed by atoms with van der Waals surface area (Å²) >= 11 is 0. The maximum Gasteiger partial charge on any atom is 0.323 e. The molecule has 0 bridgehead atoms. The van der Waals surface area contributed by atoms with E-state index in [0.29, 0.717) is 17.8 Å². The number of aliphatic hydroxyl groups excluding tert-OH is 1. The molecule has 0 spiro atoms. The minimum atomic E-state index is -0.328. The van der Waals surface area contributed by atoms with Crippen molar-refractivity contribution in [2.45, 2.75) is 25.7 Å². The third-order valence-electron chi connectivity index (χ3n) is 5.38. The lowest BCUT2D eigenvalue weighted by Crippen LogP contribution is -2.27. The molecule has 0 saturated carbocycles. The van der Waals surface area contributed by atoms with Gasteiger partial charge in [0.05, 0.1) is 5.69 Å². The van der Waals surface area contributed by atoms with Crippen molar-refractivity contribution in [3.05, 3.63) is 78.0 Å². The van der Waals surface area contributed by atoms with Crippen molar-refractivity contribution in [3.8, 4) is 0 Å². The number of amides is 2. The molecule has 154 valence electrons. The predicted molar refractivity (Wildman–Crippen MR) is 121 cm³/mol. The van der Waals surface area contributed by atoms with E-state index in [-0.39, 0.29) is 18.1 Å². The summed E-state index contributed by atoms with van der Waals surface area (Å²) in [6.45, 7) is 5.32. The molecule has 6 heteroatoms. The van der Waals surface area contributed by atoms with E-state index in [0.717, 1.165) is 23.6 Å². The number of nitrogens with one attached hydrogen (secondary N) is 2. The summed E-state index contributed by atoms with van der Waals surface area (Å²) in [6.07, 6.45) is 2.34. The molecule has 6 nitrogen and oxygen atoms in total. The molecule has 0 aliphatic carbocycles. The number of pyridine rings is 1. The van der Waals surface area contributed by atoms with E-state index in [9.17, 15) is 4.79 Å². The lowest BCUT2D eigenvalue weighted by atomic mass is 9.87. The first-order chi connectivity index (χ1) is 14.5. The highest BCUT2D eigenvalue weighted by molar-refractivity contribution is 6.02. The summed E-state index contributed by atoms with van der Waals surface area (Å²) in [4.78, 5) is 19.4. The van der Waals surface area contributed by atoms with Crippen molar-refractivity contribution in [3.63, 3.8) is 0 Å². The van der Waals surface area contributed by atoms with Crippen molar-refractivity contribution in [2.24, 2.45) is 0 Å². The van der Waals surface area contributed by atoms with Crippen LogP contribution >= 0.6 is 0 Å². The van der Waals surface area contributed by atoms with E-state index in [4.69, 9.17) is 5.11 Å². The third-order valence-corrected chi connectivity index (χ3v) is 5.38. The predicted octanol–water partition coefficient (Wildman–Crippen LogP) is 4.69. The van der Waals surface area contributed by atoms with Crippen LogP contribution in [0.4, 0.5) is 27.7 Å². The van der Waals surface area contributed by atoms with E-state index < -0.39 is 0 Å². The number of carbonyl (C=O) groups is 1. The number of hydrogen-bond donors (Lipinski definition) is 3. The Hall–Kier alpha value is -3.38. The molecular formula is C24H26N4O2. The van der Waals surface area contributed by atoms with Crippen molar-refractivity contribution < 1.29 is 9.90 Å². The Morgan fingerprint density at radius 2 is 1.83 bits per heavy atom. The number of benzene rings is 2. The number of nitrogens with zero attached hydrogens (tertiary/aromatic N) is 2. The van der Waals surface area contributed by atoms with Gasteiger partial charge in [0.2, 0.25) is 0 Å². The van der Waals surface area contributed by atoms with E-state index in [1.54, 1.807) is 6.20 Å². The highest BCUT2D eigenvalue weighted by Gasteiger charge is 2.36. The van der Waals surface area contributed by atoms with Crippen LogP contribution in [0.25, 0.3) is 0 Å². The third kappa shape index (κ3) is 4.00. The molecule has 0 radical (unpaired) electrons. The summed E-state index contributed by atoms with van der Waals surface area (Å²) in [5.74, 6) is 0.726. The van der Waals surface area contributed by atoms with Gasteiger partial charge in [-0.05, 0) is 47.9 Å². The number of urea groups is 1. The first-order valence-electron chi connectivity index (χ1n) is 10.1. The molecular weight excluding hydrogens is 376 g/mol. The SMILES string of the molecule is CC1(C)CN(c2ncccc2NC(=O)Nc2ccc(CCO)cc2)c2ccccc21. The first kappa shape index (κ1) is 19.9. The molecule has 0 saturated heterocycles. The van der Waals surface area contributed by atoms with Crippen LogP contribution in [0.2, 0.25) is 0 Å². The Kier molecular flexibility index (Phi) is 5.42. The standard InChI is InChI=1S/C24H26N4O2/c1-24(2)16-28(21-8-4-3-6-19(21)24)22-20(7-5-14-25-22)27-23(30)26-18-11-9-17(10-12-18)13-15-29/h3-12,14,29H,13,15-16H2,1-2H3,(H2,26,27,30). The lowest BCUT2D eigenvalue weighted by Gasteiger charge is -2.23. The molecule has 0 atom stereocenters. The van der Waals surface area contributed by atoms with E-state index in [1.165, 1.54) is 5.56 Å². The van der Waals surface area contributed by atoms with Crippen LogP contribution in [-0.4, -0.2) is 29.3 Å². The molecule has 4 rings (SSSR count). The van der Waals surface area contributed by atoms with Gasteiger partial charge in [-0.25, -0.2) is 9.78 Å². The van der Waals surface area contributed by atoms with Gasteiger partial charge in [0.15, 0.2) is 5.82 Å². The molecule has 1 aliphatic rings. The van der Waals surface area contributed by atoms with E-state index in [1.807, 2.05) is 42.5 Å². The zero-order chi connectivity index (χ0) is 21.1. The van der Waals surface area contributed by atoms with Gasteiger partial charge in [0, 0.05) is 36.1 Å². The summed E-state index contributed by atoms with van der Waals surface area (Å²) in [6, 6.07) is 19.1. The molecule has 0 fully saturated rings. The summed E-state index contributed by atoms with van der Waals surface area (Å²) in [5.41, 5.74) is 4.74. The zero-order valence-electron chi connectivity index (χ0n) is 17.2. The van der Waals surface area contributed by atoms with Crippen LogP contribution in [0.1, 0.15) is 25.0 Å². The van der Waals surface area contributed by atoms with Gasteiger partial charge in [-0.2, -0.15) is 0 Å². The molecule has 0 unspecified atom stereocenters. The number of fused-ring (bicyclic) bond motifs is 1. The topological polar surface area (TPSA) is 77.5 Å². The molecule has 3 aromatic rings. The fourth-order valence-corrected chi connectivity index (χ4v) is 3.91. The van der Waals surface area contributed by atoms with Crippen molar-refractivity contribution >= 4 is 28.9 Å². The van der Waals surface area contributed by atoms with E-state index >= 15 is 0 Å². The minimum absolute atomic E-state index is 0.00996. The molecule has 2 heterocycles. The van der Waals surface area contributed by atoms with Crippen LogP contribution < -0.4 is 15.5 Å². The highest BCUT2D eigenvalue weighted by atomic mass is 16.3. The summed E-state index contributed by atoms with van der Waals surface area (Å²) in [7, 11) is 0. The van der Waals surface area contributed by atoms with Gasteiger partial charge in [-0.1, -0.05) is 44.2 Å². The average molecular weight is 402 g/mol. The van der Waals surface area contributed by atoms with Crippen LogP contribution in [0.15, 0.2) is 66.9 Å². The van der Waals surface area contributed by atoms with Gasteiger partial charge in [0.1, 0.15) is 0 Å². The number of carbonyl (C=O) groups excluding carboxylic acids is 1. The Morgan fingerprint density at radius 1 is 1.07 bits per heavy atom. The fourth-order valence-electron chi connectivity index (χ4n) is 3.91. The molecule has 1 aromatic heterocycles. The van der Waals surface area contributed by atoms with Crippen molar-refractivity contribution in [1.29, 1.82) is 0 Å². The second-order valence-electron chi connectivity index (χ2n) is 8.11. The number of hydrogen-bond acceptors (Lipinski definition) is 4. The number of rotatable bonds is 5. The highest BCUT2D eigenvalue weighted by Crippen LogP contribution is 2.45. The van der Waals surface area contributed by atoms with Crippen LogP contribution in [0.3, 0.4) is 0 Å². The van der Waals surface area contributed by atoms with Gasteiger partial charge in [0.25, 0.3) is 0 Å².